The summed E-state index contributed by atoms with van der Waals surface area (Å²) in [4.78, 5) is 18.4. The van der Waals surface area contributed by atoms with E-state index in [-0.39, 0.29) is 17.7 Å². The molecule has 0 radical (unpaired) electrons. The zero-order chi connectivity index (χ0) is 23.4. The maximum absolute atomic E-state index is 14.2. The number of benzene rings is 2. The van der Waals surface area contributed by atoms with Crippen LogP contribution in [0.5, 0.6) is 5.75 Å². The molecule has 0 saturated heterocycles. The van der Waals surface area contributed by atoms with Crippen molar-refractivity contribution in [1.82, 2.24) is 4.90 Å². The molecule has 0 N–H and O–H groups in total. The Morgan fingerprint density at radius 3 is 2.45 bits per heavy atom. The van der Waals surface area contributed by atoms with Crippen LogP contribution in [0.25, 0.3) is 0 Å². The van der Waals surface area contributed by atoms with E-state index in [0.717, 1.165) is 35.8 Å². The highest BCUT2D eigenvalue weighted by Crippen LogP contribution is 2.43. The molecule has 1 heterocycles. The highest BCUT2D eigenvalue weighted by molar-refractivity contribution is 6.30. The van der Waals surface area contributed by atoms with Gasteiger partial charge in [0.05, 0.1) is 7.11 Å². The van der Waals surface area contributed by atoms with E-state index >= 15 is 0 Å². The number of likely N-dealkylation sites (N-methyl/N-ethyl adjacent to an activating group) is 1. The molecule has 2 aromatic carbocycles. The molecular formula is C28H37ClN2O2. The summed E-state index contributed by atoms with van der Waals surface area (Å²) < 4.78 is 5.40. The minimum Gasteiger partial charge on any atom is -0.497 e. The van der Waals surface area contributed by atoms with Crippen molar-refractivity contribution in [1.29, 1.82) is 0 Å². The molecular weight excluding hydrogens is 432 g/mol. The minimum absolute atomic E-state index is 0.0326. The normalized spacial score (nSPS) is 21.7. The molecule has 0 unspecified atom stereocenters. The van der Waals surface area contributed by atoms with Crippen LogP contribution in [0, 0.1) is 11.8 Å². The molecule has 5 heteroatoms. The van der Waals surface area contributed by atoms with Crippen molar-refractivity contribution < 1.29 is 9.53 Å². The van der Waals surface area contributed by atoms with Gasteiger partial charge in [-0.05, 0) is 80.2 Å². The topological polar surface area (TPSA) is 32.8 Å². The van der Waals surface area contributed by atoms with Crippen LogP contribution in [0.1, 0.15) is 55.6 Å². The Morgan fingerprint density at radius 2 is 1.79 bits per heavy atom. The quantitative estimate of drug-likeness (QED) is 0.487. The van der Waals surface area contributed by atoms with E-state index in [1.807, 2.05) is 29.2 Å². The molecule has 0 aromatic heterocycles. The summed E-state index contributed by atoms with van der Waals surface area (Å²) in [6, 6.07) is 14.3. The number of rotatable bonds is 7. The number of amides is 1. The summed E-state index contributed by atoms with van der Waals surface area (Å²) in [6.45, 7) is 1.52. The molecule has 4 nitrogen and oxygen atoms in total. The lowest BCUT2D eigenvalue weighted by Crippen LogP contribution is -2.41. The minimum atomic E-state index is -0.0326. The van der Waals surface area contributed by atoms with Crippen molar-refractivity contribution in [2.24, 2.45) is 11.8 Å². The Bertz CT molecular complexity index is 937. The van der Waals surface area contributed by atoms with E-state index < -0.39 is 0 Å². The van der Waals surface area contributed by atoms with E-state index in [2.05, 4.69) is 37.2 Å². The van der Waals surface area contributed by atoms with Crippen LogP contribution in [-0.2, 0) is 11.2 Å². The SMILES string of the molecule is COc1ccc([C@H]2Cc3cc(Cl)ccc3N(CCN(C)C)C(=O)[C@H]2CC2CCCCC2)cc1. The number of carbonyl (C=O) groups excluding carboxylic acids is 1. The molecule has 2 aliphatic rings. The summed E-state index contributed by atoms with van der Waals surface area (Å²) in [5, 5.41) is 0.730. The van der Waals surface area contributed by atoms with Gasteiger partial charge in [0, 0.05) is 29.7 Å². The molecule has 1 fully saturated rings. The first-order valence-electron chi connectivity index (χ1n) is 12.3. The van der Waals surface area contributed by atoms with Crippen LogP contribution in [0.15, 0.2) is 42.5 Å². The van der Waals surface area contributed by atoms with E-state index in [0.29, 0.717) is 12.5 Å². The van der Waals surface area contributed by atoms with Crippen LogP contribution in [-0.4, -0.2) is 45.1 Å². The van der Waals surface area contributed by atoms with Crippen LogP contribution in [0.3, 0.4) is 0 Å². The second-order valence-electron chi connectivity index (χ2n) is 10.00. The van der Waals surface area contributed by atoms with Gasteiger partial charge in [-0.1, -0.05) is 55.8 Å². The van der Waals surface area contributed by atoms with Gasteiger partial charge in [0.2, 0.25) is 5.91 Å². The summed E-state index contributed by atoms with van der Waals surface area (Å²) in [6.07, 6.45) is 8.19. The molecule has 0 spiro atoms. The molecule has 1 saturated carbocycles. The molecule has 0 bridgehead atoms. The predicted octanol–water partition coefficient (Wildman–Crippen LogP) is 6.17. The van der Waals surface area contributed by atoms with Crippen LogP contribution in [0.2, 0.25) is 5.02 Å². The van der Waals surface area contributed by atoms with Crippen molar-refractivity contribution in [2.75, 3.05) is 39.2 Å². The second-order valence-corrected chi connectivity index (χ2v) is 10.4. The van der Waals surface area contributed by atoms with Gasteiger partial charge in [-0.15, -0.1) is 0 Å². The Hall–Kier alpha value is -2.04. The first kappa shape index (κ1) is 24.1. The van der Waals surface area contributed by atoms with Gasteiger partial charge in [-0.3, -0.25) is 4.79 Å². The second kappa shape index (κ2) is 10.9. The molecule has 33 heavy (non-hydrogen) atoms. The van der Waals surface area contributed by atoms with E-state index in [9.17, 15) is 4.79 Å². The number of ether oxygens (including phenoxy) is 1. The van der Waals surface area contributed by atoms with Gasteiger partial charge in [0.1, 0.15) is 5.75 Å². The van der Waals surface area contributed by atoms with Crippen molar-refractivity contribution in [3.05, 3.63) is 58.6 Å². The summed E-state index contributed by atoms with van der Waals surface area (Å²) >= 11 is 6.44. The fourth-order valence-electron chi connectivity index (χ4n) is 5.63. The van der Waals surface area contributed by atoms with Gasteiger partial charge in [-0.25, -0.2) is 0 Å². The number of fused-ring (bicyclic) bond motifs is 1. The Morgan fingerprint density at radius 1 is 1.06 bits per heavy atom. The highest BCUT2D eigenvalue weighted by atomic mass is 35.5. The van der Waals surface area contributed by atoms with Crippen molar-refractivity contribution in [3.8, 4) is 5.75 Å². The smallest absolute Gasteiger partial charge is 0.230 e. The Balaban J connectivity index is 1.75. The van der Waals surface area contributed by atoms with Gasteiger partial charge in [-0.2, -0.15) is 0 Å². The number of carbonyl (C=O) groups is 1. The van der Waals surface area contributed by atoms with Gasteiger partial charge >= 0.3 is 0 Å². The Kier molecular flexibility index (Phi) is 7.98. The average Bonchev–Trinajstić information content (AvgIpc) is 2.93. The predicted molar refractivity (Wildman–Crippen MR) is 136 cm³/mol. The molecule has 1 aliphatic carbocycles. The fourth-order valence-corrected chi connectivity index (χ4v) is 5.82. The molecule has 1 amide bonds. The first-order chi connectivity index (χ1) is 16.0. The third kappa shape index (κ3) is 5.73. The zero-order valence-electron chi connectivity index (χ0n) is 20.2. The Labute approximate surface area is 203 Å². The lowest BCUT2D eigenvalue weighted by molar-refractivity contribution is -0.123. The molecule has 2 aromatic rings. The maximum Gasteiger partial charge on any atom is 0.230 e. The van der Waals surface area contributed by atoms with E-state index in [1.165, 1.54) is 43.2 Å². The molecule has 1 aliphatic heterocycles. The maximum atomic E-state index is 14.2. The lowest BCUT2D eigenvalue weighted by atomic mass is 9.74. The lowest BCUT2D eigenvalue weighted by Gasteiger charge is -2.33. The fraction of sp³-hybridized carbons (Fsp3) is 0.536. The number of anilines is 1. The first-order valence-corrected chi connectivity index (χ1v) is 12.7. The monoisotopic (exact) mass is 468 g/mol. The number of halogens is 1. The van der Waals surface area contributed by atoms with E-state index in [1.54, 1.807) is 7.11 Å². The average molecular weight is 469 g/mol. The summed E-state index contributed by atoms with van der Waals surface area (Å²) in [5.41, 5.74) is 3.41. The van der Waals surface area contributed by atoms with Crippen LogP contribution >= 0.6 is 11.6 Å². The van der Waals surface area contributed by atoms with Gasteiger partial charge in [0.25, 0.3) is 0 Å². The molecule has 4 rings (SSSR count). The van der Waals surface area contributed by atoms with Gasteiger partial charge < -0.3 is 14.5 Å². The van der Waals surface area contributed by atoms with E-state index in [4.69, 9.17) is 16.3 Å². The summed E-state index contributed by atoms with van der Waals surface area (Å²) in [7, 11) is 5.81. The van der Waals surface area contributed by atoms with Crippen LogP contribution in [0.4, 0.5) is 5.69 Å². The van der Waals surface area contributed by atoms with Crippen molar-refractivity contribution >= 4 is 23.2 Å². The van der Waals surface area contributed by atoms with Crippen molar-refractivity contribution in [2.45, 2.75) is 50.9 Å². The summed E-state index contributed by atoms with van der Waals surface area (Å²) in [5.74, 6) is 1.85. The zero-order valence-corrected chi connectivity index (χ0v) is 21.0. The molecule has 2 atom stereocenters. The third-order valence-corrected chi connectivity index (χ3v) is 7.70. The number of hydrogen-bond acceptors (Lipinski definition) is 3. The largest absolute Gasteiger partial charge is 0.497 e. The third-order valence-electron chi connectivity index (χ3n) is 7.47. The van der Waals surface area contributed by atoms with Crippen LogP contribution < -0.4 is 9.64 Å². The number of methoxy groups -OCH3 is 1. The van der Waals surface area contributed by atoms with Crippen molar-refractivity contribution in [3.63, 3.8) is 0 Å². The number of hydrogen-bond donors (Lipinski definition) is 0. The number of nitrogens with zero attached hydrogens (tertiary/aromatic N) is 2. The standard InChI is InChI=1S/C28H37ClN2O2/c1-30(2)15-16-31-27-14-11-23(29)18-22(27)19-25(21-9-12-24(33-3)13-10-21)26(28(31)32)17-20-7-5-4-6-8-20/h9-14,18,20,25-26H,4-8,15-17,19H2,1-3H3/t25-,26+/m1/s1. The molecule has 178 valence electrons. The van der Waals surface area contributed by atoms with Gasteiger partial charge in [0.15, 0.2) is 0 Å². The highest BCUT2D eigenvalue weighted by Gasteiger charge is 2.39.